The van der Waals surface area contributed by atoms with Crippen LogP contribution in [0.25, 0.3) is 0 Å². The molecule has 0 radical (unpaired) electrons. The third-order valence-electron chi connectivity index (χ3n) is 3.10. The Morgan fingerprint density at radius 2 is 1.95 bits per heavy atom. The number of halogens is 1. The molecule has 0 saturated carbocycles. The molecule has 0 aliphatic carbocycles. The Hall–Kier alpha value is -2.07. The van der Waals surface area contributed by atoms with E-state index in [2.05, 4.69) is 15.6 Å². The standard InChI is InChI=1S/C16H18ClN3O/c1-3-18-15-9-6-13(10-19-15)16(21)20-11(2)12-4-7-14(17)8-5-12/h4-11H,3H2,1-2H3,(H,18,19)(H,20,21). The second-order valence-corrected chi connectivity index (χ2v) is 5.15. The zero-order chi connectivity index (χ0) is 15.2. The molecule has 5 heteroatoms. The summed E-state index contributed by atoms with van der Waals surface area (Å²) in [6, 6.07) is 10.9. The van der Waals surface area contributed by atoms with Crippen molar-refractivity contribution in [2.24, 2.45) is 0 Å². The number of amides is 1. The maximum atomic E-state index is 12.2. The SMILES string of the molecule is CCNc1ccc(C(=O)NC(C)c2ccc(Cl)cc2)cn1. The molecule has 0 spiro atoms. The largest absolute Gasteiger partial charge is 0.370 e. The van der Waals surface area contributed by atoms with Crippen LogP contribution in [0.5, 0.6) is 0 Å². The van der Waals surface area contributed by atoms with Crippen LogP contribution in [-0.2, 0) is 0 Å². The Morgan fingerprint density at radius 3 is 2.52 bits per heavy atom. The number of hydrogen-bond donors (Lipinski definition) is 2. The molecule has 110 valence electrons. The minimum atomic E-state index is -0.145. The number of benzene rings is 1. The molecule has 1 amide bonds. The monoisotopic (exact) mass is 303 g/mol. The summed E-state index contributed by atoms with van der Waals surface area (Å²) >= 11 is 5.86. The van der Waals surface area contributed by atoms with Gasteiger partial charge in [-0.25, -0.2) is 4.98 Å². The fourth-order valence-electron chi connectivity index (χ4n) is 1.93. The third kappa shape index (κ3) is 4.20. The van der Waals surface area contributed by atoms with Gasteiger partial charge in [-0.2, -0.15) is 0 Å². The summed E-state index contributed by atoms with van der Waals surface area (Å²) in [5.74, 6) is 0.618. The molecule has 0 bridgehead atoms. The van der Waals surface area contributed by atoms with Gasteiger partial charge in [-0.15, -0.1) is 0 Å². The summed E-state index contributed by atoms with van der Waals surface area (Å²) < 4.78 is 0. The number of anilines is 1. The highest BCUT2D eigenvalue weighted by atomic mass is 35.5. The van der Waals surface area contributed by atoms with E-state index in [4.69, 9.17) is 11.6 Å². The molecule has 1 atom stereocenters. The molecular weight excluding hydrogens is 286 g/mol. The summed E-state index contributed by atoms with van der Waals surface area (Å²) in [5, 5.41) is 6.71. The van der Waals surface area contributed by atoms with Gasteiger partial charge in [-0.05, 0) is 43.7 Å². The molecule has 1 aromatic carbocycles. The highest BCUT2D eigenvalue weighted by Gasteiger charge is 2.11. The number of aromatic nitrogens is 1. The molecule has 0 fully saturated rings. The van der Waals surface area contributed by atoms with E-state index in [1.807, 2.05) is 38.1 Å². The van der Waals surface area contributed by atoms with E-state index in [1.165, 1.54) is 0 Å². The lowest BCUT2D eigenvalue weighted by molar-refractivity contribution is 0.0939. The van der Waals surface area contributed by atoms with Crippen LogP contribution in [0.2, 0.25) is 5.02 Å². The summed E-state index contributed by atoms with van der Waals surface area (Å²) in [7, 11) is 0. The van der Waals surface area contributed by atoms with Gasteiger partial charge in [0, 0.05) is 17.8 Å². The highest BCUT2D eigenvalue weighted by molar-refractivity contribution is 6.30. The first-order chi connectivity index (χ1) is 10.1. The molecule has 2 N–H and O–H groups in total. The Labute approximate surface area is 129 Å². The maximum Gasteiger partial charge on any atom is 0.253 e. The van der Waals surface area contributed by atoms with Gasteiger partial charge in [0.15, 0.2) is 0 Å². The van der Waals surface area contributed by atoms with E-state index in [1.54, 1.807) is 18.3 Å². The molecule has 1 unspecified atom stereocenters. The van der Waals surface area contributed by atoms with Crippen molar-refractivity contribution >= 4 is 23.3 Å². The molecule has 0 aliphatic rings. The number of nitrogens with zero attached hydrogens (tertiary/aromatic N) is 1. The van der Waals surface area contributed by atoms with Gasteiger partial charge in [0.1, 0.15) is 5.82 Å². The Balaban J connectivity index is 2.01. The van der Waals surface area contributed by atoms with Crippen molar-refractivity contribution < 1.29 is 4.79 Å². The molecule has 1 aromatic heterocycles. The lowest BCUT2D eigenvalue weighted by Gasteiger charge is -2.14. The lowest BCUT2D eigenvalue weighted by atomic mass is 10.1. The van der Waals surface area contributed by atoms with Gasteiger partial charge in [0.25, 0.3) is 5.91 Å². The number of pyridine rings is 1. The first-order valence-corrected chi connectivity index (χ1v) is 7.24. The van der Waals surface area contributed by atoms with Crippen LogP contribution in [0.3, 0.4) is 0 Å². The number of nitrogens with one attached hydrogen (secondary N) is 2. The first kappa shape index (κ1) is 15.3. The molecule has 2 rings (SSSR count). The van der Waals surface area contributed by atoms with Crippen molar-refractivity contribution in [1.82, 2.24) is 10.3 Å². The van der Waals surface area contributed by atoms with Crippen LogP contribution < -0.4 is 10.6 Å². The van der Waals surface area contributed by atoms with E-state index in [0.717, 1.165) is 17.9 Å². The molecule has 4 nitrogen and oxygen atoms in total. The maximum absolute atomic E-state index is 12.2. The van der Waals surface area contributed by atoms with Gasteiger partial charge >= 0.3 is 0 Å². The number of rotatable bonds is 5. The Bertz CT molecular complexity index is 596. The van der Waals surface area contributed by atoms with Crippen molar-refractivity contribution in [2.45, 2.75) is 19.9 Å². The van der Waals surface area contributed by atoms with Gasteiger partial charge in [-0.1, -0.05) is 23.7 Å². The number of hydrogen-bond acceptors (Lipinski definition) is 3. The summed E-state index contributed by atoms with van der Waals surface area (Å²) in [4.78, 5) is 16.4. The second kappa shape index (κ2) is 7.09. The number of carbonyl (C=O) groups is 1. The zero-order valence-electron chi connectivity index (χ0n) is 12.1. The van der Waals surface area contributed by atoms with Crippen LogP contribution in [0, 0.1) is 0 Å². The Kier molecular flexibility index (Phi) is 5.17. The normalized spacial score (nSPS) is 11.8. The highest BCUT2D eigenvalue weighted by Crippen LogP contribution is 2.16. The van der Waals surface area contributed by atoms with E-state index in [9.17, 15) is 4.79 Å². The van der Waals surface area contributed by atoms with Crippen LogP contribution in [0.15, 0.2) is 42.6 Å². The van der Waals surface area contributed by atoms with Crippen molar-refractivity contribution in [2.75, 3.05) is 11.9 Å². The van der Waals surface area contributed by atoms with Gasteiger partial charge in [0.2, 0.25) is 0 Å². The predicted molar refractivity (Wildman–Crippen MR) is 85.7 cm³/mol. The van der Waals surface area contributed by atoms with E-state index >= 15 is 0 Å². The zero-order valence-corrected chi connectivity index (χ0v) is 12.8. The Morgan fingerprint density at radius 1 is 1.24 bits per heavy atom. The molecule has 0 saturated heterocycles. The molecule has 0 aliphatic heterocycles. The van der Waals surface area contributed by atoms with Crippen LogP contribution >= 0.6 is 11.6 Å². The fraction of sp³-hybridized carbons (Fsp3) is 0.250. The van der Waals surface area contributed by atoms with E-state index < -0.39 is 0 Å². The predicted octanol–water partition coefficient (Wildman–Crippen LogP) is 3.66. The fourth-order valence-corrected chi connectivity index (χ4v) is 2.05. The lowest BCUT2D eigenvalue weighted by Crippen LogP contribution is -2.26. The van der Waals surface area contributed by atoms with Crippen molar-refractivity contribution in [3.63, 3.8) is 0 Å². The van der Waals surface area contributed by atoms with Crippen molar-refractivity contribution in [3.8, 4) is 0 Å². The minimum Gasteiger partial charge on any atom is -0.370 e. The quantitative estimate of drug-likeness (QED) is 0.886. The smallest absolute Gasteiger partial charge is 0.253 e. The van der Waals surface area contributed by atoms with Crippen LogP contribution in [-0.4, -0.2) is 17.4 Å². The third-order valence-corrected chi connectivity index (χ3v) is 3.35. The molecule has 21 heavy (non-hydrogen) atoms. The van der Waals surface area contributed by atoms with Crippen LogP contribution in [0.1, 0.15) is 35.8 Å². The summed E-state index contributed by atoms with van der Waals surface area (Å²) in [6.45, 7) is 4.73. The number of carbonyl (C=O) groups excluding carboxylic acids is 1. The van der Waals surface area contributed by atoms with E-state index in [-0.39, 0.29) is 11.9 Å². The molecular formula is C16H18ClN3O. The van der Waals surface area contributed by atoms with Crippen LogP contribution in [0.4, 0.5) is 5.82 Å². The summed E-state index contributed by atoms with van der Waals surface area (Å²) in [6.07, 6.45) is 1.57. The molecule has 2 aromatic rings. The minimum absolute atomic E-state index is 0.0942. The second-order valence-electron chi connectivity index (χ2n) is 4.71. The average molecular weight is 304 g/mol. The van der Waals surface area contributed by atoms with E-state index in [0.29, 0.717) is 10.6 Å². The average Bonchev–Trinajstić information content (AvgIpc) is 2.49. The molecule has 1 heterocycles. The van der Waals surface area contributed by atoms with Crippen molar-refractivity contribution in [3.05, 3.63) is 58.7 Å². The van der Waals surface area contributed by atoms with Gasteiger partial charge in [-0.3, -0.25) is 4.79 Å². The summed E-state index contributed by atoms with van der Waals surface area (Å²) in [5.41, 5.74) is 1.54. The van der Waals surface area contributed by atoms with Gasteiger partial charge in [0.05, 0.1) is 11.6 Å². The topological polar surface area (TPSA) is 54.0 Å². The first-order valence-electron chi connectivity index (χ1n) is 6.86. The van der Waals surface area contributed by atoms with Crippen molar-refractivity contribution in [1.29, 1.82) is 0 Å². The van der Waals surface area contributed by atoms with Gasteiger partial charge < -0.3 is 10.6 Å².